The number of carboxylic acid groups (broad SMARTS) is 1. The third-order valence-electron chi connectivity index (χ3n) is 2.64. The van der Waals surface area contributed by atoms with E-state index >= 15 is 0 Å². The van der Waals surface area contributed by atoms with Crippen molar-refractivity contribution in [3.8, 4) is 0 Å². The van der Waals surface area contributed by atoms with Crippen LogP contribution in [0.25, 0.3) is 0 Å². The monoisotopic (exact) mass is 284 g/mol. The molecule has 1 aromatic carbocycles. The molecule has 6 heteroatoms. The van der Waals surface area contributed by atoms with Crippen molar-refractivity contribution < 1.29 is 14.7 Å². The number of carbonyl (C=O) groups excluding carboxylic acids is 1. The van der Waals surface area contributed by atoms with Crippen molar-refractivity contribution in [1.29, 1.82) is 0 Å². The van der Waals surface area contributed by atoms with Crippen LogP contribution < -0.4 is 10.2 Å². The van der Waals surface area contributed by atoms with E-state index in [1.165, 1.54) is 12.1 Å². The number of likely N-dealkylation sites (N-methyl/N-ethyl adjacent to an activating group) is 1. The number of rotatable bonds is 6. The Hall–Kier alpha value is -1.75. The third-order valence-corrected chi connectivity index (χ3v) is 2.87. The van der Waals surface area contributed by atoms with Crippen LogP contribution in [0.4, 0.5) is 5.69 Å². The highest BCUT2D eigenvalue weighted by Gasteiger charge is 2.18. The Morgan fingerprint density at radius 3 is 2.63 bits per heavy atom. The third kappa shape index (κ3) is 4.13. The summed E-state index contributed by atoms with van der Waals surface area (Å²) in [5.41, 5.74) is 0.604. The Kier molecular flexibility index (Phi) is 5.63. The summed E-state index contributed by atoms with van der Waals surface area (Å²) in [6.07, 6.45) is 0.794. The van der Waals surface area contributed by atoms with Gasteiger partial charge in [0.15, 0.2) is 0 Å². The van der Waals surface area contributed by atoms with Gasteiger partial charge in [0.2, 0.25) is 5.91 Å². The van der Waals surface area contributed by atoms with Gasteiger partial charge in [-0.2, -0.15) is 0 Å². The molecule has 0 aromatic heterocycles. The largest absolute Gasteiger partial charge is 0.478 e. The summed E-state index contributed by atoms with van der Waals surface area (Å²) < 4.78 is 0. The number of hydrogen-bond donors (Lipinski definition) is 2. The highest BCUT2D eigenvalue weighted by Crippen LogP contribution is 2.25. The molecule has 19 heavy (non-hydrogen) atoms. The number of anilines is 1. The normalized spacial score (nSPS) is 10.1. The minimum absolute atomic E-state index is 0.102. The van der Waals surface area contributed by atoms with Crippen molar-refractivity contribution in [3.63, 3.8) is 0 Å². The van der Waals surface area contributed by atoms with Gasteiger partial charge < -0.3 is 15.3 Å². The zero-order valence-electron chi connectivity index (χ0n) is 10.9. The minimum atomic E-state index is -1.04. The number of halogens is 1. The first-order valence-electron chi connectivity index (χ1n) is 5.98. The molecule has 0 aliphatic rings. The first kappa shape index (κ1) is 15.3. The molecule has 0 saturated heterocycles. The number of carbonyl (C=O) groups is 2. The van der Waals surface area contributed by atoms with Crippen LogP contribution in [0.5, 0.6) is 0 Å². The van der Waals surface area contributed by atoms with Crippen LogP contribution in [0.1, 0.15) is 23.7 Å². The summed E-state index contributed by atoms with van der Waals surface area (Å²) in [6.45, 7) is 2.64. The molecule has 1 rings (SSSR count). The van der Waals surface area contributed by atoms with Crippen molar-refractivity contribution >= 4 is 29.2 Å². The predicted octanol–water partition coefficient (Wildman–Crippen LogP) is 2.00. The maximum absolute atomic E-state index is 11.5. The lowest BCUT2D eigenvalue weighted by molar-refractivity contribution is -0.119. The standard InChI is InChI=1S/C13H17ClN2O3/c1-3-6-16(8-12(17)15-2)11-7-9(14)4-5-10(11)13(18)19/h4-5,7H,3,6,8H2,1-2H3,(H,15,17)(H,18,19). The van der Waals surface area contributed by atoms with Crippen LogP contribution >= 0.6 is 11.6 Å². The highest BCUT2D eigenvalue weighted by atomic mass is 35.5. The Balaban J connectivity index is 3.16. The summed E-state index contributed by atoms with van der Waals surface area (Å²) in [5.74, 6) is -1.21. The van der Waals surface area contributed by atoms with Gasteiger partial charge in [-0.3, -0.25) is 4.79 Å². The second-order valence-corrected chi connectivity index (χ2v) is 4.50. The fourth-order valence-electron chi connectivity index (χ4n) is 1.75. The molecule has 104 valence electrons. The van der Waals surface area contributed by atoms with Crippen molar-refractivity contribution in [2.45, 2.75) is 13.3 Å². The fraction of sp³-hybridized carbons (Fsp3) is 0.385. The molecule has 0 spiro atoms. The SMILES string of the molecule is CCCN(CC(=O)NC)c1cc(Cl)ccc1C(=O)O. The highest BCUT2D eigenvalue weighted by molar-refractivity contribution is 6.31. The Labute approximate surface area is 117 Å². The van der Waals surface area contributed by atoms with Gasteiger partial charge in [0, 0.05) is 18.6 Å². The number of carboxylic acids is 1. The summed E-state index contributed by atoms with van der Waals surface area (Å²) in [4.78, 5) is 24.4. The van der Waals surface area contributed by atoms with Crippen LogP contribution in [-0.4, -0.2) is 37.1 Å². The fourth-order valence-corrected chi connectivity index (χ4v) is 1.92. The molecular weight excluding hydrogens is 268 g/mol. The van der Waals surface area contributed by atoms with E-state index in [-0.39, 0.29) is 18.0 Å². The van der Waals surface area contributed by atoms with Gasteiger partial charge in [-0.1, -0.05) is 18.5 Å². The molecule has 0 aliphatic heterocycles. The van der Waals surface area contributed by atoms with Gasteiger partial charge in [0.05, 0.1) is 17.8 Å². The van der Waals surface area contributed by atoms with Crippen molar-refractivity contribution in [2.24, 2.45) is 0 Å². The van der Waals surface area contributed by atoms with E-state index in [4.69, 9.17) is 11.6 Å². The summed E-state index contributed by atoms with van der Waals surface area (Å²) in [7, 11) is 1.54. The molecule has 1 aromatic rings. The quantitative estimate of drug-likeness (QED) is 0.838. The van der Waals surface area contributed by atoms with Crippen molar-refractivity contribution in [3.05, 3.63) is 28.8 Å². The number of benzene rings is 1. The maximum atomic E-state index is 11.5. The van der Waals surface area contributed by atoms with Crippen molar-refractivity contribution in [2.75, 3.05) is 25.0 Å². The van der Waals surface area contributed by atoms with Crippen LogP contribution in [0, 0.1) is 0 Å². The summed E-state index contributed by atoms with van der Waals surface area (Å²) >= 11 is 5.92. The summed E-state index contributed by atoms with van der Waals surface area (Å²) in [5, 5.41) is 12.2. The average molecular weight is 285 g/mol. The number of nitrogens with zero attached hydrogens (tertiary/aromatic N) is 1. The van der Waals surface area contributed by atoms with Crippen LogP contribution in [0.15, 0.2) is 18.2 Å². The molecule has 0 saturated carbocycles. The molecule has 0 aliphatic carbocycles. The van der Waals surface area contributed by atoms with E-state index in [0.29, 0.717) is 17.3 Å². The zero-order valence-corrected chi connectivity index (χ0v) is 11.7. The number of hydrogen-bond acceptors (Lipinski definition) is 3. The van der Waals surface area contributed by atoms with Gasteiger partial charge in [-0.25, -0.2) is 4.79 Å². The Morgan fingerprint density at radius 2 is 2.11 bits per heavy atom. The van der Waals surface area contributed by atoms with Gasteiger partial charge in [-0.15, -0.1) is 0 Å². The van der Waals surface area contributed by atoms with E-state index in [2.05, 4.69) is 5.32 Å². The number of aromatic carboxylic acids is 1. The first-order valence-corrected chi connectivity index (χ1v) is 6.35. The molecule has 1 amide bonds. The van der Waals surface area contributed by atoms with Gasteiger partial charge in [0.25, 0.3) is 0 Å². The Morgan fingerprint density at radius 1 is 1.42 bits per heavy atom. The van der Waals surface area contributed by atoms with Crippen molar-refractivity contribution in [1.82, 2.24) is 5.32 Å². The predicted molar refractivity (Wildman–Crippen MR) is 75.0 cm³/mol. The topological polar surface area (TPSA) is 69.6 Å². The first-order chi connectivity index (χ1) is 8.99. The zero-order chi connectivity index (χ0) is 14.4. The Bertz CT molecular complexity index is 477. The average Bonchev–Trinajstić information content (AvgIpc) is 2.37. The lowest BCUT2D eigenvalue weighted by Crippen LogP contribution is -2.36. The van der Waals surface area contributed by atoms with Gasteiger partial charge in [-0.05, 0) is 24.6 Å². The van der Waals surface area contributed by atoms with E-state index in [9.17, 15) is 14.7 Å². The molecule has 5 nitrogen and oxygen atoms in total. The second kappa shape index (κ2) is 6.99. The number of nitrogens with one attached hydrogen (secondary N) is 1. The maximum Gasteiger partial charge on any atom is 0.337 e. The number of amides is 1. The minimum Gasteiger partial charge on any atom is -0.478 e. The van der Waals surface area contributed by atoms with Crippen LogP contribution in [0.2, 0.25) is 5.02 Å². The summed E-state index contributed by atoms with van der Waals surface area (Å²) in [6, 6.07) is 4.55. The van der Waals surface area contributed by atoms with Gasteiger partial charge >= 0.3 is 5.97 Å². The van der Waals surface area contributed by atoms with E-state index in [1.54, 1.807) is 18.0 Å². The lowest BCUT2D eigenvalue weighted by Gasteiger charge is -2.25. The molecule has 0 heterocycles. The molecule has 0 fully saturated rings. The molecule has 0 bridgehead atoms. The van der Waals surface area contributed by atoms with Crippen LogP contribution in [-0.2, 0) is 4.79 Å². The van der Waals surface area contributed by atoms with E-state index in [1.807, 2.05) is 6.92 Å². The molecular formula is C13H17ClN2O3. The smallest absolute Gasteiger partial charge is 0.337 e. The second-order valence-electron chi connectivity index (χ2n) is 4.06. The van der Waals surface area contributed by atoms with Crippen LogP contribution in [0.3, 0.4) is 0 Å². The van der Waals surface area contributed by atoms with E-state index in [0.717, 1.165) is 6.42 Å². The van der Waals surface area contributed by atoms with Gasteiger partial charge in [0.1, 0.15) is 0 Å². The molecule has 2 N–H and O–H groups in total. The lowest BCUT2D eigenvalue weighted by atomic mass is 10.1. The molecule has 0 radical (unpaired) electrons. The molecule has 0 unspecified atom stereocenters. The molecule has 0 atom stereocenters. The van der Waals surface area contributed by atoms with E-state index < -0.39 is 5.97 Å².